The predicted octanol–water partition coefficient (Wildman–Crippen LogP) is 2.90. The van der Waals surface area contributed by atoms with Gasteiger partial charge in [-0.05, 0) is 37.8 Å². The molecule has 0 heterocycles. The van der Waals surface area contributed by atoms with Gasteiger partial charge in [0.15, 0.2) is 0 Å². The quantitative estimate of drug-likeness (QED) is 0.464. The molecule has 0 aromatic rings. The molecule has 2 aliphatic carbocycles. The number of aliphatic hydroxyl groups is 1. The van der Waals surface area contributed by atoms with Crippen molar-refractivity contribution >= 4 is 5.97 Å². The van der Waals surface area contributed by atoms with Crippen LogP contribution in [-0.2, 0) is 9.53 Å². The van der Waals surface area contributed by atoms with Gasteiger partial charge in [0.05, 0.1) is 13.0 Å². The van der Waals surface area contributed by atoms with Gasteiger partial charge in [0.25, 0.3) is 0 Å². The van der Waals surface area contributed by atoms with Gasteiger partial charge in [-0.25, -0.2) is 0 Å². The van der Waals surface area contributed by atoms with Crippen LogP contribution in [0.3, 0.4) is 0 Å². The molecular formula is C14H18O3. The van der Waals surface area contributed by atoms with Crippen LogP contribution in [0.5, 0.6) is 0 Å². The normalized spacial score (nSPS) is 34.1. The molecule has 2 aliphatic rings. The monoisotopic (exact) mass is 234 g/mol. The van der Waals surface area contributed by atoms with E-state index in [-0.39, 0.29) is 23.1 Å². The molecule has 2 fully saturated rings. The lowest BCUT2D eigenvalue weighted by molar-refractivity contribution is -0.142. The fourth-order valence-electron chi connectivity index (χ4n) is 2.95. The Balaban J connectivity index is 2.18. The molecule has 1 N–H and O–H groups in total. The van der Waals surface area contributed by atoms with Gasteiger partial charge in [0.1, 0.15) is 5.76 Å². The van der Waals surface area contributed by atoms with Gasteiger partial charge in [0, 0.05) is 5.41 Å². The van der Waals surface area contributed by atoms with E-state index in [1.54, 1.807) is 18.2 Å². The standard InChI is InChI=1S/C14H18O3/c1-3-5-11(15)8-10-6-4-7-14(10)9-12(14)13(16)17-2/h3,5,8,12,15H,1,4,6-7,9H2,2H3/b10-8+,11-5+/t12-,14-/m0/s1. The Labute approximate surface area is 101 Å². The molecule has 92 valence electrons. The maximum Gasteiger partial charge on any atom is 0.309 e. The first-order chi connectivity index (χ1) is 8.14. The Morgan fingerprint density at radius 1 is 1.65 bits per heavy atom. The Hall–Kier alpha value is -1.51. The molecule has 0 amide bonds. The smallest absolute Gasteiger partial charge is 0.309 e. The third-order valence-corrected chi connectivity index (χ3v) is 3.88. The molecule has 17 heavy (non-hydrogen) atoms. The van der Waals surface area contributed by atoms with Crippen molar-refractivity contribution < 1.29 is 14.6 Å². The summed E-state index contributed by atoms with van der Waals surface area (Å²) in [5.74, 6) is 0.0922. The molecule has 3 nitrogen and oxygen atoms in total. The van der Waals surface area contributed by atoms with E-state index in [1.807, 2.05) is 0 Å². The number of esters is 1. The zero-order valence-corrected chi connectivity index (χ0v) is 10.1. The molecule has 0 aliphatic heterocycles. The highest BCUT2D eigenvalue weighted by molar-refractivity contribution is 5.78. The number of hydrogen-bond donors (Lipinski definition) is 1. The van der Waals surface area contributed by atoms with Crippen LogP contribution in [0, 0.1) is 11.3 Å². The van der Waals surface area contributed by atoms with Crippen molar-refractivity contribution in [3.63, 3.8) is 0 Å². The minimum absolute atomic E-state index is 0.00205. The average molecular weight is 234 g/mol. The summed E-state index contributed by atoms with van der Waals surface area (Å²) >= 11 is 0. The van der Waals surface area contributed by atoms with E-state index in [4.69, 9.17) is 4.74 Å². The van der Waals surface area contributed by atoms with E-state index >= 15 is 0 Å². The van der Waals surface area contributed by atoms with Crippen molar-refractivity contribution in [1.82, 2.24) is 0 Å². The second-order valence-electron chi connectivity index (χ2n) is 4.79. The van der Waals surface area contributed by atoms with Gasteiger partial charge in [-0.3, -0.25) is 4.79 Å². The third kappa shape index (κ3) is 2.02. The van der Waals surface area contributed by atoms with E-state index in [9.17, 15) is 9.90 Å². The van der Waals surface area contributed by atoms with Crippen LogP contribution in [0.1, 0.15) is 25.7 Å². The molecule has 0 aromatic heterocycles. The molecule has 2 rings (SSSR count). The minimum Gasteiger partial charge on any atom is -0.508 e. The second-order valence-corrected chi connectivity index (χ2v) is 4.79. The van der Waals surface area contributed by atoms with Crippen LogP contribution in [0.25, 0.3) is 0 Å². The molecule has 2 atom stereocenters. The molecule has 0 bridgehead atoms. The van der Waals surface area contributed by atoms with Gasteiger partial charge in [-0.15, -0.1) is 0 Å². The number of ether oxygens (including phenoxy) is 1. The van der Waals surface area contributed by atoms with E-state index in [1.165, 1.54) is 12.7 Å². The van der Waals surface area contributed by atoms with Crippen LogP contribution in [0.4, 0.5) is 0 Å². The topological polar surface area (TPSA) is 46.5 Å². The molecule has 2 saturated carbocycles. The average Bonchev–Trinajstić information content (AvgIpc) is 2.90. The Morgan fingerprint density at radius 3 is 3.06 bits per heavy atom. The Morgan fingerprint density at radius 2 is 2.41 bits per heavy atom. The molecule has 3 heteroatoms. The number of hydrogen-bond acceptors (Lipinski definition) is 3. The number of carbonyl (C=O) groups excluding carboxylic acids is 1. The number of aliphatic hydroxyl groups excluding tert-OH is 1. The highest BCUT2D eigenvalue weighted by atomic mass is 16.5. The first-order valence-corrected chi connectivity index (χ1v) is 5.94. The van der Waals surface area contributed by atoms with Crippen molar-refractivity contribution in [1.29, 1.82) is 0 Å². The summed E-state index contributed by atoms with van der Waals surface area (Å²) in [7, 11) is 1.43. The van der Waals surface area contributed by atoms with Crippen molar-refractivity contribution in [2.75, 3.05) is 7.11 Å². The second kappa shape index (κ2) is 4.40. The fourth-order valence-corrected chi connectivity index (χ4v) is 2.95. The van der Waals surface area contributed by atoms with Gasteiger partial charge in [0.2, 0.25) is 0 Å². The summed E-state index contributed by atoms with van der Waals surface area (Å²) < 4.78 is 4.80. The summed E-state index contributed by atoms with van der Waals surface area (Å²) in [5, 5.41) is 9.65. The summed E-state index contributed by atoms with van der Waals surface area (Å²) in [4.78, 5) is 11.5. The lowest BCUT2D eigenvalue weighted by Gasteiger charge is -2.11. The zero-order valence-electron chi connectivity index (χ0n) is 10.1. The highest BCUT2D eigenvalue weighted by Crippen LogP contribution is 2.66. The SMILES string of the molecule is C=C/C=C(O)\C=C1/CCC[C@]12C[C@H]2C(=O)OC. The van der Waals surface area contributed by atoms with Gasteiger partial charge in [-0.1, -0.05) is 18.2 Å². The maximum atomic E-state index is 11.5. The molecule has 0 unspecified atom stereocenters. The number of carbonyl (C=O) groups is 1. The zero-order chi connectivity index (χ0) is 12.5. The van der Waals surface area contributed by atoms with Crippen LogP contribution in [0.15, 0.2) is 36.1 Å². The summed E-state index contributed by atoms with van der Waals surface area (Å²) in [6.45, 7) is 3.54. The lowest BCUT2D eigenvalue weighted by Crippen LogP contribution is -2.11. The first-order valence-electron chi connectivity index (χ1n) is 5.94. The minimum atomic E-state index is -0.120. The van der Waals surface area contributed by atoms with Gasteiger partial charge in [-0.2, -0.15) is 0 Å². The molecule has 0 saturated heterocycles. The summed E-state index contributed by atoms with van der Waals surface area (Å²) in [6, 6.07) is 0. The Kier molecular flexibility index (Phi) is 3.09. The predicted molar refractivity (Wildman–Crippen MR) is 65.4 cm³/mol. The maximum absolute atomic E-state index is 11.5. The van der Waals surface area contributed by atoms with Crippen molar-refractivity contribution in [2.24, 2.45) is 11.3 Å². The van der Waals surface area contributed by atoms with E-state index in [2.05, 4.69) is 6.58 Å². The molecule has 0 radical (unpaired) electrons. The highest BCUT2D eigenvalue weighted by Gasteiger charge is 2.62. The summed E-state index contributed by atoms with van der Waals surface area (Å²) in [6.07, 6.45) is 8.85. The van der Waals surface area contributed by atoms with Crippen LogP contribution < -0.4 is 0 Å². The summed E-state index contributed by atoms with van der Waals surface area (Å²) in [5.41, 5.74) is 1.17. The van der Waals surface area contributed by atoms with Crippen LogP contribution in [-0.4, -0.2) is 18.2 Å². The van der Waals surface area contributed by atoms with Gasteiger partial charge >= 0.3 is 5.97 Å². The Bertz CT molecular complexity index is 406. The van der Waals surface area contributed by atoms with E-state index in [0.29, 0.717) is 0 Å². The van der Waals surface area contributed by atoms with Crippen molar-refractivity contribution in [2.45, 2.75) is 25.7 Å². The number of allylic oxidation sites excluding steroid dienone is 4. The third-order valence-electron chi connectivity index (χ3n) is 3.88. The van der Waals surface area contributed by atoms with E-state index in [0.717, 1.165) is 25.7 Å². The van der Waals surface area contributed by atoms with Crippen molar-refractivity contribution in [3.8, 4) is 0 Å². The van der Waals surface area contributed by atoms with E-state index < -0.39 is 0 Å². The van der Waals surface area contributed by atoms with Crippen LogP contribution >= 0.6 is 0 Å². The molecule has 0 aromatic carbocycles. The largest absolute Gasteiger partial charge is 0.508 e. The first kappa shape index (κ1) is 12.0. The number of methoxy groups -OCH3 is 1. The lowest BCUT2D eigenvalue weighted by atomic mass is 9.95. The van der Waals surface area contributed by atoms with Gasteiger partial charge < -0.3 is 9.84 Å². The fraction of sp³-hybridized carbons (Fsp3) is 0.500. The molecular weight excluding hydrogens is 216 g/mol. The van der Waals surface area contributed by atoms with Crippen LogP contribution in [0.2, 0.25) is 0 Å². The number of rotatable bonds is 3. The van der Waals surface area contributed by atoms with Crippen molar-refractivity contribution in [3.05, 3.63) is 36.1 Å². The molecule has 1 spiro atoms.